The Bertz CT molecular complexity index is 545. The van der Waals surface area contributed by atoms with Gasteiger partial charge < -0.3 is 0 Å². The van der Waals surface area contributed by atoms with E-state index in [0.29, 0.717) is 0 Å². The summed E-state index contributed by atoms with van der Waals surface area (Å²) in [5.74, 6) is -2.76. The molecular weight excluding hydrogens is 348 g/mol. The van der Waals surface area contributed by atoms with Crippen LogP contribution in [-0.4, -0.2) is 35.1 Å². The fourth-order valence-electron chi connectivity index (χ4n) is 0.938. The van der Waals surface area contributed by atoms with E-state index in [-0.39, 0.29) is 14.9 Å². The fourth-order valence-corrected chi connectivity index (χ4v) is 3.50. The second-order valence-electron chi connectivity index (χ2n) is 2.73. The summed E-state index contributed by atoms with van der Waals surface area (Å²) in [5, 5.41) is 17.4. The van der Waals surface area contributed by atoms with E-state index in [0.717, 1.165) is 18.2 Å². The molecule has 0 unspecified atom stereocenters. The quantitative estimate of drug-likeness (QED) is 0.495. The van der Waals surface area contributed by atoms with Gasteiger partial charge in [-0.05, 0) is 0 Å². The average molecular weight is 354 g/mol. The molecular formula is C8H6AgO7S. The predicted molar refractivity (Wildman–Crippen MR) is 51.5 cm³/mol. The second kappa shape index (κ2) is 4.98. The molecule has 1 aromatic carbocycles. The minimum absolute atomic E-state index is 0.0767. The van der Waals surface area contributed by atoms with Gasteiger partial charge in [-0.25, -0.2) is 0 Å². The number of carboxylic acid groups (broad SMARTS) is 2. The Hall–Kier alpha value is -1.19. The first kappa shape index (κ1) is 13.9. The van der Waals surface area contributed by atoms with Gasteiger partial charge in [0.15, 0.2) is 0 Å². The van der Waals surface area contributed by atoms with Crippen molar-refractivity contribution in [3.63, 3.8) is 0 Å². The van der Waals surface area contributed by atoms with Gasteiger partial charge in [-0.15, -0.1) is 0 Å². The SMILES string of the molecule is O=C(O)c1c[c]([Ag][S](=O)(=O)O)cc(C(=O)O)c1. The number of aromatic carboxylic acids is 2. The van der Waals surface area contributed by atoms with Crippen LogP contribution in [0.25, 0.3) is 0 Å². The molecule has 3 N–H and O–H groups in total. The molecule has 0 saturated heterocycles. The fraction of sp³-hybridized carbons (Fsp3) is 0. The Kier molecular flexibility index (Phi) is 4.07. The Morgan fingerprint density at radius 3 is 1.71 bits per heavy atom. The molecule has 0 aliphatic carbocycles. The summed E-state index contributed by atoms with van der Waals surface area (Å²) in [6.45, 7) is 0. The average Bonchev–Trinajstić information content (AvgIpc) is 2.14. The molecule has 7 nitrogen and oxygen atoms in total. The van der Waals surface area contributed by atoms with Gasteiger partial charge in [0.1, 0.15) is 0 Å². The minimum atomic E-state index is -4.32. The molecule has 1 rings (SSSR count). The molecule has 0 amide bonds. The molecule has 0 saturated carbocycles. The van der Waals surface area contributed by atoms with Gasteiger partial charge in [0.25, 0.3) is 0 Å². The summed E-state index contributed by atoms with van der Waals surface area (Å²) in [7, 11) is -4.32. The number of hydrogen-bond acceptors (Lipinski definition) is 4. The van der Waals surface area contributed by atoms with E-state index in [1.807, 2.05) is 0 Å². The van der Waals surface area contributed by atoms with Crippen LogP contribution in [0.1, 0.15) is 20.7 Å². The van der Waals surface area contributed by atoms with Crippen LogP contribution in [-0.2, 0) is 26.0 Å². The van der Waals surface area contributed by atoms with E-state index in [1.165, 1.54) is 0 Å². The Balaban J connectivity index is 3.31. The molecule has 0 heterocycles. The summed E-state index contributed by atoms with van der Waals surface area (Å²) < 4.78 is 29.8. The van der Waals surface area contributed by atoms with Crippen molar-refractivity contribution in [3.05, 3.63) is 29.3 Å². The molecule has 97 valence electrons. The standard InChI is InChI=1S/C8H5O4.Ag.HO3S/c9-7(10)5-2-1-3-6(4-5)8(11)12;;1-4(2)3/h2-4H,(H,9,10)(H,11,12);;(H,1,2,3). The van der Waals surface area contributed by atoms with Crippen LogP contribution >= 0.6 is 0 Å². The van der Waals surface area contributed by atoms with E-state index in [4.69, 9.17) is 14.8 Å². The Morgan fingerprint density at radius 2 is 1.41 bits per heavy atom. The normalized spacial score (nSPS) is 11.4. The van der Waals surface area contributed by atoms with Crippen molar-refractivity contribution in [2.75, 3.05) is 0 Å². The van der Waals surface area contributed by atoms with Crippen molar-refractivity contribution in [1.82, 2.24) is 0 Å². The third-order valence-corrected chi connectivity index (χ3v) is 4.44. The summed E-state index contributed by atoms with van der Waals surface area (Å²) >= 11 is -1.13. The van der Waals surface area contributed by atoms with Crippen molar-refractivity contribution in [2.24, 2.45) is 0 Å². The van der Waals surface area contributed by atoms with Gasteiger partial charge in [-0.1, -0.05) is 0 Å². The van der Waals surface area contributed by atoms with Crippen LogP contribution < -0.4 is 3.78 Å². The Labute approximate surface area is 104 Å². The van der Waals surface area contributed by atoms with E-state index >= 15 is 0 Å². The summed E-state index contributed by atoms with van der Waals surface area (Å²) in [6.07, 6.45) is 0. The van der Waals surface area contributed by atoms with Crippen molar-refractivity contribution < 1.29 is 51.2 Å². The maximum absolute atomic E-state index is 10.7. The second-order valence-corrected chi connectivity index (χ2v) is 7.65. The first-order valence-electron chi connectivity index (χ1n) is 3.88. The van der Waals surface area contributed by atoms with Gasteiger partial charge in [-0.2, -0.15) is 0 Å². The zero-order chi connectivity index (χ0) is 13.2. The maximum atomic E-state index is 10.7. The van der Waals surface area contributed by atoms with Crippen LogP contribution in [0.5, 0.6) is 0 Å². The number of hydrogen-bond donors (Lipinski definition) is 3. The first-order valence-corrected chi connectivity index (χ1v) is 7.71. The molecule has 1 aromatic rings. The number of benzene rings is 1. The molecule has 0 aromatic heterocycles. The van der Waals surface area contributed by atoms with Crippen LogP contribution in [0.3, 0.4) is 0 Å². The van der Waals surface area contributed by atoms with E-state index in [9.17, 15) is 18.0 Å². The number of rotatable bonds is 4. The summed E-state index contributed by atoms with van der Waals surface area (Å²) in [5.41, 5.74) is -0.701. The van der Waals surface area contributed by atoms with Gasteiger partial charge in [-0.3, -0.25) is 0 Å². The molecule has 0 atom stereocenters. The predicted octanol–water partition coefficient (Wildman–Crippen LogP) is -0.406. The van der Waals surface area contributed by atoms with Crippen molar-refractivity contribution in [3.8, 4) is 0 Å². The number of carboxylic acids is 2. The van der Waals surface area contributed by atoms with Crippen LogP contribution in [0.2, 0.25) is 0 Å². The Morgan fingerprint density at radius 1 is 1.00 bits per heavy atom. The number of carbonyl (C=O) groups is 2. The van der Waals surface area contributed by atoms with E-state index in [2.05, 4.69) is 0 Å². The van der Waals surface area contributed by atoms with Crippen LogP contribution in [0.4, 0.5) is 0 Å². The van der Waals surface area contributed by atoms with Gasteiger partial charge in [0.2, 0.25) is 0 Å². The van der Waals surface area contributed by atoms with Gasteiger partial charge in [0, 0.05) is 0 Å². The van der Waals surface area contributed by atoms with Crippen LogP contribution in [0, 0.1) is 0 Å². The summed E-state index contributed by atoms with van der Waals surface area (Å²) in [6, 6.07) is 2.91. The molecule has 0 fully saturated rings. The zero-order valence-corrected chi connectivity index (χ0v) is 10.2. The zero-order valence-electron chi connectivity index (χ0n) is 7.92. The van der Waals surface area contributed by atoms with Crippen molar-refractivity contribution in [2.45, 2.75) is 0 Å². The molecule has 0 radical (unpaired) electrons. The molecule has 0 spiro atoms. The summed E-state index contributed by atoms with van der Waals surface area (Å²) in [4.78, 5) is 21.4. The monoisotopic (exact) mass is 353 g/mol. The third kappa shape index (κ3) is 4.29. The molecule has 0 aliphatic heterocycles. The molecule has 0 bridgehead atoms. The van der Waals surface area contributed by atoms with Crippen molar-refractivity contribution in [1.29, 1.82) is 0 Å². The molecule has 9 heteroatoms. The topological polar surface area (TPSA) is 129 Å². The van der Waals surface area contributed by atoms with Crippen LogP contribution in [0.15, 0.2) is 18.2 Å². The van der Waals surface area contributed by atoms with Gasteiger partial charge >= 0.3 is 104 Å². The van der Waals surface area contributed by atoms with E-state index in [1.54, 1.807) is 0 Å². The van der Waals surface area contributed by atoms with Crippen molar-refractivity contribution >= 4 is 23.3 Å². The van der Waals surface area contributed by atoms with E-state index < -0.39 is 37.9 Å². The van der Waals surface area contributed by atoms with Gasteiger partial charge in [0.05, 0.1) is 0 Å². The molecule has 0 aliphatic rings. The first-order chi connectivity index (χ1) is 7.69. The third-order valence-electron chi connectivity index (χ3n) is 1.52. The molecule has 17 heavy (non-hydrogen) atoms.